The number of aliphatic hydroxyl groups is 1. The number of amides is 2. The Morgan fingerprint density at radius 1 is 1.11 bits per heavy atom. The van der Waals surface area contributed by atoms with Crippen molar-refractivity contribution in [2.24, 2.45) is 12.8 Å². The molecule has 5 N–H and O–H groups in total. The molecule has 2 amide bonds. The number of nitrogens with zero attached hydrogens (tertiary/aromatic N) is 3. The number of benzene rings is 2. The maximum atomic E-state index is 13.4. The molecule has 0 bridgehead atoms. The molecule has 0 radical (unpaired) electrons. The van der Waals surface area contributed by atoms with Crippen molar-refractivity contribution in [2.45, 2.75) is 51.7 Å². The highest BCUT2D eigenvalue weighted by atomic mass is 32.1. The molecule has 230 valence electrons. The van der Waals surface area contributed by atoms with Crippen LogP contribution in [0.2, 0.25) is 0 Å². The molecule has 3 heterocycles. The van der Waals surface area contributed by atoms with E-state index in [0.717, 1.165) is 41.5 Å². The number of aromatic nitrogens is 2. The zero-order valence-corrected chi connectivity index (χ0v) is 25.8. The number of thiazole rings is 1. The van der Waals surface area contributed by atoms with Gasteiger partial charge in [-0.2, -0.15) is 0 Å². The summed E-state index contributed by atoms with van der Waals surface area (Å²) in [6, 6.07) is 15.0. The van der Waals surface area contributed by atoms with Crippen LogP contribution in [0.25, 0.3) is 11.1 Å². The van der Waals surface area contributed by atoms with Gasteiger partial charge in [0.15, 0.2) is 5.13 Å². The number of hydrogen-bond acceptors (Lipinski definition) is 8. The Morgan fingerprint density at radius 2 is 1.89 bits per heavy atom. The molecule has 10 nitrogen and oxygen atoms in total. The van der Waals surface area contributed by atoms with Crippen LogP contribution < -0.4 is 21.9 Å². The molecule has 0 atom stereocenters. The number of aliphatic hydroxyl groups excluding tert-OH is 1. The van der Waals surface area contributed by atoms with E-state index in [9.17, 15) is 19.5 Å². The number of pyridine rings is 1. The summed E-state index contributed by atoms with van der Waals surface area (Å²) in [5, 5.41) is 16.3. The molecule has 11 heteroatoms. The molecule has 0 spiro atoms. The average Bonchev–Trinajstić information content (AvgIpc) is 3.50. The van der Waals surface area contributed by atoms with Gasteiger partial charge in [0.1, 0.15) is 10.6 Å². The van der Waals surface area contributed by atoms with Crippen molar-refractivity contribution in [3.05, 3.63) is 92.8 Å². The molecule has 44 heavy (non-hydrogen) atoms. The lowest BCUT2D eigenvalue weighted by Gasteiger charge is -2.29. The SMILES string of the molecule is CCCCc1ccccc1C(=O)Nc1cccc(-c2cc(Nc3ncc(C(=O)N4CCC(O)CC4)s3)c(=O)n(C)c2)c1CN. The first kappa shape index (κ1) is 31.1. The predicted molar refractivity (Wildman–Crippen MR) is 175 cm³/mol. The zero-order valence-electron chi connectivity index (χ0n) is 25.0. The van der Waals surface area contributed by atoms with Gasteiger partial charge in [0.25, 0.3) is 17.4 Å². The first-order chi connectivity index (χ1) is 21.3. The van der Waals surface area contributed by atoms with Gasteiger partial charge in [0.2, 0.25) is 0 Å². The van der Waals surface area contributed by atoms with Crippen molar-refractivity contribution in [1.29, 1.82) is 0 Å². The van der Waals surface area contributed by atoms with E-state index in [4.69, 9.17) is 5.73 Å². The molecule has 1 saturated heterocycles. The van der Waals surface area contributed by atoms with E-state index in [1.807, 2.05) is 42.5 Å². The van der Waals surface area contributed by atoms with Crippen molar-refractivity contribution < 1.29 is 14.7 Å². The number of hydrogen-bond donors (Lipinski definition) is 4. The van der Waals surface area contributed by atoms with Gasteiger partial charge in [-0.3, -0.25) is 14.4 Å². The number of nitrogens with one attached hydrogen (secondary N) is 2. The maximum absolute atomic E-state index is 13.4. The van der Waals surface area contributed by atoms with Crippen molar-refractivity contribution in [3.8, 4) is 11.1 Å². The van der Waals surface area contributed by atoms with E-state index < -0.39 is 0 Å². The van der Waals surface area contributed by atoms with Crippen LogP contribution in [0.15, 0.2) is 65.7 Å². The van der Waals surface area contributed by atoms with Crippen molar-refractivity contribution in [2.75, 3.05) is 23.7 Å². The monoisotopic (exact) mass is 614 g/mol. The predicted octanol–water partition coefficient (Wildman–Crippen LogP) is 4.90. The topological polar surface area (TPSA) is 143 Å². The van der Waals surface area contributed by atoms with Crippen molar-refractivity contribution >= 4 is 39.7 Å². The van der Waals surface area contributed by atoms with Crippen LogP contribution in [0.1, 0.15) is 63.8 Å². The highest BCUT2D eigenvalue weighted by molar-refractivity contribution is 7.17. The summed E-state index contributed by atoms with van der Waals surface area (Å²) in [4.78, 5) is 46.0. The Bertz CT molecular complexity index is 1710. The lowest BCUT2D eigenvalue weighted by Crippen LogP contribution is -2.39. The molecular formula is C33H38N6O4S. The van der Waals surface area contributed by atoms with Gasteiger partial charge in [-0.15, -0.1) is 0 Å². The number of carbonyl (C=O) groups excluding carboxylic acids is 2. The van der Waals surface area contributed by atoms with Crippen LogP contribution in [-0.4, -0.2) is 50.6 Å². The van der Waals surface area contributed by atoms with Crippen LogP contribution in [0.5, 0.6) is 0 Å². The number of nitrogens with two attached hydrogens (primary N) is 1. The summed E-state index contributed by atoms with van der Waals surface area (Å²) in [7, 11) is 1.67. The fourth-order valence-corrected chi connectivity index (χ4v) is 6.23. The van der Waals surface area contributed by atoms with Gasteiger partial charge in [0, 0.05) is 49.7 Å². The summed E-state index contributed by atoms with van der Waals surface area (Å²) < 4.78 is 1.48. The van der Waals surface area contributed by atoms with E-state index in [1.165, 1.54) is 22.1 Å². The third-order valence-electron chi connectivity index (χ3n) is 7.89. The summed E-state index contributed by atoms with van der Waals surface area (Å²) in [6.07, 6.45) is 6.85. The molecule has 2 aromatic carbocycles. The second-order valence-electron chi connectivity index (χ2n) is 11.0. The molecular weight excluding hydrogens is 576 g/mol. The van der Waals surface area contributed by atoms with Crippen molar-refractivity contribution in [3.63, 3.8) is 0 Å². The lowest BCUT2D eigenvalue weighted by molar-refractivity contribution is 0.0550. The number of piperidine rings is 1. The van der Waals surface area contributed by atoms with Gasteiger partial charge in [-0.1, -0.05) is 55.0 Å². The molecule has 0 aliphatic carbocycles. The summed E-state index contributed by atoms with van der Waals surface area (Å²) in [6.45, 7) is 3.29. The maximum Gasteiger partial charge on any atom is 0.274 e. The minimum absolute atomic E-state index is 0.136. The fourth-order valence-electron chi connectivity index (χ4n) is 5.43. The summed E-state index contributed by atoms with van der Waals surface area (Å²) >= 11 is 1.18. The average molecular weight is 615 g/mol. The Kier molecular flexibility index (Phi) is 9.89. The number of anilines is 3. The third kappa shape index (κ3) is 6.91. The van der Waals surface area contributed by atoms with E-state index >= 15 is 0 Å². The summed E-state index contributed by atoms with van der Waals surface area (Å²) in [5.74, 6) is -0.329. The van der Waals surface area contributed by atoms with Crippen LogP contribution in [0.3, 0.4) is 0 Å². The van der Waals surface area contributed by atoms with Gasteiger partial charge >= 0.3 is 0 Å². The van der Waals surface area contributed by atoms with Crippen LogP contribution in [0.4, 0.5) is 16.5 Å². The molecule has 4 aromatic rings. The number of aryl methyl sites for hydroxylation is 2. The van der Waals surface area contributed by atoms with Crippen LogP contribution in [-0.2, 0) is 20.0 Å². The first-order valence-corrected chi connectivity index (χ1v) is 15.7. The zero-order chi connectivity index (χ0) is 31.2. The number of carbonyl (C=O) groups is 2. The van der Waals surface area contributed by atoms with Crippen molar-refractivity contribution in [1.82, 2.24) is 14.5 Å². The number of rotatable bonds is 10. The Morgan fingerprint density at radius 3 is 2.64 bits per heavy atom. The molecule has 0 saturated carbocycles. The molecule has 5 rings (SSSR count). The standard InChI is InChI=1S/C33H38N6O4S/c1-3-4-8-21-9-5-6-10-25(21)30(41)36-27-12-7-11-24(26(27)18-34)22-17-28(31(42)38(2)20-22)37-33-35-19-29(44-33)32(43)39-15-13-23(40)14-16-39/h5-7,9-12,17,19-20,23,40H,3-4,8,13-16,18,34H2,1-2H3,(H,35,37)(H,36,41). The molecule has 1 aliphatic rings. The molecule has 1 aliphatic heterocycles. The highest BCUT2D eigenvalue weighted by Gasteiger charge is 2.24. The summed E-state index contributed by atoms with van der Waals surface area (Å²) in [5.41, 5.74) is 10.8. The van der Waals surface area contributed by atoms with E-state index in [2.05, 4.69) is 22.5 Å². The van der Waals surface area contributed by atoms with Gasteiger partial charge < -0.3 is 30.9 Å². The largest absolute Gasteiger partial charge is 0.393 e. The van der Waals surface area contributed by atoms with E-state index in [1.54, 1.807) is 24.2 Å². The molecule has 0 unspecified atom stereocenters. The van der Waals surface area contributed by atoms with E-state index in [-0.39, 0.29) is 30.0 Å². The Hall–Kier alpha value is -4.32. The third-order valence-corrected chi connectivity index (χ3v) is 8.79. The van der Waals surface area contributed by atoms with Crippen LogP contribution >= 0.6 is 11.3 Å². The molecule has 1 fully saturated rings. The minimum atomic E-state index is -0.370. The minimum Gasteiger partial charge on any atom is -0.393 e. The quantitative estimate of drug-likeness (QED) is 0.199. The Labute approximate surface area is 260 Å². The van der Waals surface area contributed by atoms with Gasteiger partial charge in [0.05, 0.1) is 12.3 Å². The normalized spacial score (nSPS) is 13.6. The number of likely N-dealkylation sites (tertiary alicyclic amines) is 1. The highest BCUT2D eigenvalue weighted by Crippen LogP contribution is 2.31. The lowest BCUT2D eigenvalue weighted by atomic mass is 9.98. The van der Waals surface area contributed by atoms with Gasteiger partial charge in [-0.25, -0.2) is 4.98 Å². The number of unbranched alkanes of at least 4 members (excludes halogenated alkanes) is 1. The smallest absolute Gasteiger partial charge is 0.274 e. The second-order valence-corrected chi connectivity index (χ2v) is 12.0. The fraction of sp³-hybridized carbons (Fsp3) is 0.333. The first-order valence-electron chi connectivity index (χ1n) is 14.9. The Balaban J connectivity index is 1.40. The second kappa shape index (κ2) is 14.0. The van der Waals surface area contributed by atoms with Gasteiger partial charge in [-0.05, 0) is 60.6 Å². The molecule has 2 aromatic heterocycles. The van der Waals surface area contributed by atoms with Crippen LogP contribution in [0, 0.1) is 0 Å². The van der Waals surface area contributed by atoms with E-state index in [0.29, 0.717) is 52.9 Å².